The molecular weight excluding hydrogens is 212 g/mol. The third kappa shape index (κ3) is 2.82. The van der Waals surface area contributed by atoms with E-state index in [1.54, 1.807) is 0 Å². The summed E-state index contributed by atoms with van der Waals surface area (Å²) >= 11 is 0. The molecule has 0 unspecified atom stereocenters. The number of fused-ring (bicyclic) bond motifs is 1. The first-order valence-electron chi connectivity index (χ1n) is 5.59. The molecule has 3 heteroatoms. The first-order valence-corrected chi connectivity index (χ1v) is 5.59. The van der Waals surface area contributed by atoms with E-state index in [4.69, 9.17) is 0 Å². The number of amides is 1. The molecule has 0 aliphatic rings. The molecule has 2 aromatic carbocycles. The summed E-state index contributed by atoms with van der Waals surface area (Å²) in [6.07, 6.45) is 0. The topological polar surface area (TPSA) is 32.3 Å². The average molecular weight is 228 g/mol. The Balaban J connectivity index is 2.27. The zero-order valence-corrected chi connectivity index (χ0v) is 10.1. The standard InChI is InChI=1S/C14H16N2O/c1-16(2)10-14(17)15-13-9-5-7-11-6-3-4-8-12(11)13/h3-9H,10H2,1-2H3,(H,15,17). The van der Waals surface area contributed by atoms with Crippen LogP contribution in [-0.4, -0.2) is 31.4 Å². The number of rotatable bonds is 3. The maximum Gasteiger partial charge on any atom is 0.238 e. The van der Waals surface area contributed by atoms with E-state index in [-0.39, 0.29) is 5.91 Å². The van der Waals surface area contributed by atoms with Crippen molar-refractivity contribution in [3.05, 3.63) is 42.5 Å². The molecule has 17 heavy (non-hydrogen) atoms. The van der Waals surface area contributed by atoms with Crippen molar-refractivity contribution in [2.45, 2.75) is 0 Å². The number of hydrogen-bond acceptors (Lipinski definition) is 2. The highest BCUT2D eigenvalue weighted by molar-refractivity contribution is 6.02. The van der Waals surface area contributed by atoms with Crippen LogP contribution in [0.1, 0.15) is 0 Å². The Morgan fingerprint density at radius 1 is 1.12 bits per heavy atom. The van der Waals surface area contributed by atoms with Crippen molar-refractivity contribution < 1.29 is 4.79 Å². The van der Waals surface area contributed by atoms with Crippen LogP contribution in [0.4, 0.5) is 5.69 Å². The molecule has 0 saturated heterocycles. The van der Waals surface area contributed by atoms with Crippen molar-refractivity contribution in [1.29, 1.82) is 0 Å². The van der Waals surface area contributed by atoms with Crippen LogP contribution < -0.4 is 5.32 Å². The van der Waals surface area contributed by atoms with Gasteiger partial charge in [0.25, 0.3) is 0 Å². The van der Waals surface area contributed by atoms with Gasteiger partial charge in [-0.2, -0.15) is 0 Å². The van der Waals surface area contributed by atoms with Crippen molar-refractivity contribution in [3.8, 4) is 0 Å². The number of nitrogens with zero attached hydrogens (tertiary/aromatic N) is 1. The van der Waals surface area contributed by atoms with Gasteiger partial charge in [0, 0.05) is 11.1 Å². The minimum absolute atomic E-state index is 0.00588. The SMILES string of the molecule is CN(C)CC(=O)Nc1cccc2ccccc12. The number of nitrogens with one attached hydrogen (secondary N) is 1. The van der Waals surface area contributed by atoms with Crippen LogP contribution in [0.5, 0.6) is 0 Å². The van der Waals surface area contributed by atoms with Gasteiger partial charge in [0.15, 0.2) is 0 Å². The number of hydrogen-bond donors (Lipinski definition) is 1. The zero-order valence-electron chi connectivity index (χ0n) is 10.1. The van der Waals surface area contributed by atoms with E-state index < -0.39 is 0 Å². The van der Waals surface area contributed by atoms with Crippen LogP contribution in [0.25, 0.3) is 10.8 Å². The van der Waals surface area contributed by atoms with Gasteiger partial charge in [-0.3, -0.25) is 4.79 Å². The summed E-state index contributed by atoms with van der Waals surface area (Å²) in [6, 6.07) is 13.9. The zero-order chi connectivity index (χ0) is 12.3. The largest absolute Gasteiger partial charge is 0.324 e. The molecule has 3 nitrogen and oxygen atoms in total. The van der Waals surface area contributed by atoms with Gasteiger partial charge in [-0.05, 0) is 25.5 Å². The normalized spacial score (nSPS) is 10.8. The minimum Gasteiger partial charge on any atom is -0.324 e. The summed E-state index contributed by atoms with van der Waals surface area (Å²) in [5.41, 5.74) is 0.870. The maximum absolute atomic E-state index is 11.7. The number of carbonyl (C=O) groups excluding carboxylic acids is 1. The quantitative estimate of drug-likeness (QED) is 0.874. The fourth-order valence-electron chi connectivity index (χ4n) is 1.81. The van der Waals surface area contributed by atoms with Gasteiger partial charge >= 0.3 is 0 Å². The molecule has 1 amide bonds. The van der Waals surface area contributed by atoms with E-state index in [2.05, 4.69) is 5.32 Å². The lowest BCUT2D eigenvalue weighted by atomic mass is 10.1. The molecule has 0 spiro atoms. The van der Waals surface area contributed by atoms with Gasteiger partial charge in [-0.1, -0.05) is 36.4 Å². The highest BCUT2D eigenvalue weighted by atomic mass is 16.2. The smallest absolute Gasteiger partial charge is 0.238 e. The summed E-state index contributed by atoms with van der Waals surface area (Å²) in [5, 5.41) is 5.14. The van der Waals surface area contributed by atoms with E-state index in [1.807, 2.05) is 61.5 Å². The molecule has 0 atom stereocenters. The van der Waals surface area contributed by atoms with Gasteiger partial charge in [0.1, 0.15) is 0 Å². The number of anilines is 1. The molecule has 0 bridgehead atoms. The fourth-order valence-corrected chi connectivity index (χ4v) is 1.81. The van der Waals surface area contributed by atoms with E-state index in [0.717, 1.165) is 16.5 Å². The van der Waals surface area contributed by atoms with Crippen molar-refractivity contribution in [2.75, 3.05) is 26.0 Å². The van der Waals surface area contributed by atoms with Gasteiger partial charge in [-0.25, -0.2) is 0 Å². The Morgan fingerprint density at radius 2 is 1.82 bits per heavy atom. The second kappa shape index (κ2) is 4.97. The molecule has 0 aliphatic heterocycles. The van der Waals surface area contributed by atoms with Crippen LogP contribution in [0, 0.1) is 0 Å². The summed E-state index contributed by atoms with van der Waals surface area (Å²) < 4.78 is 0. The molecule has 0 aliphatic carbocycles. The highest BCUT2D eigenvalue weighted by Gasteiger charge is 2.05. The third-order valence-corrected chi connectivity index (χ3v) is 2.52. The summed E-state index contributed by atoms with van der Waals surface area (Å²) in [7, 11) is 3.76. The second-order valence-electron chi connectivity index (χ2n) is 4.31. The van der Waals surface area contributed by atoms with Gasteiger partial charge in [0.05, 0.1) is 6.54 Å². The Labute approximate surface area is 101 Å². The molecule has 0 saturated carbocycles. The lowest BCUT2D eigenvalue weighted by Crippen LogP contribution is -2.27. The van der Waals surface area contributed by atoms with Crippen LogP contribution in [0.15, 0.2) is 42.5 Å². The van der Waals surface area contributed by atoms with Gasteiger partial charge < -0.3 is 10.2 Å². The van der Waals surface area contributed by atoms with E-state index in [0.29, 0.717) is 6.54 Å². The van der Waals surface area contributed by atoms with E-state index in [1.165, 1.54) is 0 Å². The summed E-state index contributed by atoms with van der Waals surface area (Å²) in [6.45, 7) is 0.392. The number of carbonyl (C=O) groups is 1. The molecule has 0 fully saturated rings. The van der Waals surface area contributed by atoms with Crippen LogP contribution in [-0.2, 0) is 4.79 Å². The fraction of sp³-hybridized carbons (Fsp3) is 0.214. The monoisotopic (exact) mass is 228 g/mol. The van der Waals surface area contributed by atoms with Crippen molar-refractivity contribution in [2.24, 2.45) is 0 Å². The number of benzene rings is 2. The Morgan fingerprint density at radius 3 is 2.59 bits per heavy atom. The second-order valence-corrected chi connectivity index (χ2v) is 4.31. The maximum atomic E-state index is 11.7. The van der Waals surface area contributed by atoms with E-state index in [9.17, 15) is 4.79 Å². The van der Waals surface area contributed by atoms with Gasteiger partial charge in [-0.15, -0.1) is 0 Å². The average Bonchev–Trinajstić information content (AvgIpc) is 2.28. The molecule has 2 rings (SSSR count). The van der Waals surface area contributed by atoms with Crippen molar-refractivity contribution in [1.82, 2.24) is 4.90 Å². The molecule has 88 valence electrons. The van der Waals surface area contributed by atoms with Gasteiger partial charge in [0.2, 0.25) is 5.91 Å². The number of likely N-dealkylation sites (N-methyl/N-ethyl adjacent to an activating group) is 1. The molecule has 2 aromatic rings. The predicted octanol–water partition coefficient (Wildman–Crippen LogP) is 2.34. The lowest BCUT2D eigenvalue weighted by molar-refractivity contribution is -0.116. The molecule has 0 heterocycles. The van der Waals surface area contributed by atoms with Crippen molar-refractivity contribution >= 4 is 22.4 Å². The van der Waals surface area contributed by atoms with Crippen LogP contribution in [0.3, 0.4) is 0 Å². The Hall–Kier alpha value is -1.87. The minimum atomic E-state index is 0.00588. The summed E-state index contributed by atoms with van der Waals surface area (Å²) in [5.74, 6) is 0.00588. The molecule has 1 N–H and O–H groups in total. The first kappa shape index (κ1) is 11.6. The van der Waals surface area contributed by atoms with Crippen LogP contribution >= 0.6 is 0 Å². The highest BCUT2D eigenvalue weighted by Crippen LogP contribution is 2.22. The molecule has 0 radical (unpaired) electrons. The Kier molecular flexibility index (Phi) is 3.40. The Bertz CT molecular complexity index is 529. The third-order valence-electron chi connectivity index (χ3n) is 2.52. The van der Waals surface area contributed by atoms with Crippen molar-refractivity contribution in [3.63, 3.8) is 0 Å². The molecular formula is C14H16N2O. The predicted molar refractivity (Wildman–Crippen MR) is 71.1 cm³/mol. The first-order chi connectivity index (χ1) is 8.16. The lowest BCUT2D eigenvalue weighted by Gasteiger charge is -2.11. The van der Waals surface area contributed by atoms with Crippen LogP contribution in [0.2, 0.25) is 0 Å². The summed E-state index contributed by atoms with van der Waals surface area (Å²) in [4.78, 5) is 13.6. The van der Waals surface area contributed by atoms with E-state index >= 15 is 0 Å². The molecule has 0 aromatic heterocycles.